The fraction of sp³-hybridized carbons (Fsp3) is 0.294. The van der Waals surface area contributed by atoms with Crippen LogP contribution in [-0.4, -0.2) is 19.2 Å². The highest BCUT2D eigenvalue weighted by atomic mass is 19.4. The van der Waals surface area contributed by atoms with Crippen LogP contribution in [0.25, 0.3) is 0 Å². The lowest BCUT2D eigenvalue weighted by molar-refractivity contribution is -0.0943. The Morgan fingerprint density at radius 2 is 1.83 bits per heavy atom. The van der Waals surface area contributed by atoms with Gasteiger partial charge in [-0.05, 0) is 44.4 Å². The zero-order valence-electron chi connectivity index (χ0n) is 13.5. The first-order valence-corrected chi connectivity index (χ1v) is 6.55. The number of halogens is 4. The summed E-state index contributed by atoms with van der Waals surface area (Å²) < 4.78 is 58.2. The minimum absolute atomic E-state index is 0.0604. The van der Waals surface area contributed by atoms with Crippen LogP contribution in [0.1, 0.15) is 20.8 Å². The Kier molecular flexibility index (Phi) is 8.05. The van der Waals surface area contributed by atoms with Gasteiger partial charge in [-0.1, -0.05) is 18.7 Å². The molecule has 0 rings (SSSR count). The molecule has 0 aromatic heterocycles. The van der Waals surface area contributed by atoms with Crippen LogP contribution in [-0.2, 0) is 4.74 Å². The maximum Gasteiger partial charge on any atom is 0.422 e. The lowest BCUT2D eigenvalue weighted by Crippen LogP contribution is -2.16. The molecule has 0 spiro atoms. The Morgan fingerprint density at radius 3 is 2.22 bits per heavy atom. The maximum absolute atomic E-state index is 14.4. The van der Waals surface area contributed by atoms with Gasteiger partial charge in [-0.3, -0.25) is 0 Å². The second-order valence-corrected chi connectivity index (χ2v) is 4.42. The van der Waals surface area contributed by atoms with E-state index >= 15 is 0 Å². The van der Waals surface area contributed by atoms with Crippen LogP contribution in [0.3, 0.4) is 0 Å². The van der Waals surface area contributed by atoms with E-state index in [1.165, 1.54) is 13.1 Å². The van der Waals surface area contributed by atoms with Crippen LogP contribution >= 0.6 is 0 Å². The number of rotatable bonds is 6. The maximum atomic E-state index is 14.4. The first-order valence-electron chi connectivity index (χ1n) is 6.55. The van der Waals surface area contributed by atoms with E-state index in [-0.39, 0.29) is 11.1 Å². The van der Waals surface area contributed by atoms with Gasteiger partial charge in [0.25, 0.3) is 0 Å². The normalized spacial score (nSPS) is 14.9. The summed E-state index contributed by atoms with van der Waals surface area (Å²) >= 11 is 0. The van der Waals surface area contributed by atoms with Gasteiger partial charge < -0.3 is 4.74 Å². The molecule has 0 amide bonds. The van der Waals surface area contributed by atoms with Gasteiger partial charge in [0.2, 0.25) is 0 Å². The third-order valence-electron chi connectivity index (χ3n) is 2.93. The molecule has 0 bridgehead atoms. The van der Waals surface area contributed by atoms with Crippen molar-refractivity contribution in [2.45, 2.75) is 26.9 Å². The van der Waals surface area contributed by atoms with Crippen molar-refractivity contribution >= 4 is 5.87 Å². The molecule has 0 atom stereocenters. The second-order valence-electron chi connectivity index (χ2n) is 4.42. The minimum Gasteiger partial charge on any atom is -0.501 e. The van der Waals surface area contributed by atoms with E-state index in [0.717, 1.165) is 14.0 Å². The third-order valence-corrected chi connectivity index (χ3v) is 2.93. The molecule has 126 valence electrons. The number of allylic oxidation sites excluding steroid dienone is 8. The van der Waals surface area contributed by atoms with Gasteiger partial charge in [0.15, 0.2) is 0 Å². The summed E-state index contributed by atoms with van der Waals surface area (Å²) in [5.74, 6) is 0.247. The van der Waals surface area contributed by atoms with E-state index < -0.39 is 23.3 Å². The predicted molar refractivity (Wildman–Crippen MR) is 84.7 cm³/mol. The summed E-state index contributed by atoms with van der Waals surface area (Å²) in [6.45, 7) is 10.9. The fourth-order valence-electron chi connectivity index (χ4n) is 1.63. The Hall–Kier alpha value is -2.33. The quantitative estimate of drug-likeness (QED) is 0.270. The van der Waals surface area contributed by atoms with Gasteiger partial charge in [0.05, 0.1) is 7.11 Å². The first kappa shape index (κ1) is 20.7. The molecule has 0 saturated heterocycles. The second kappa shape index (κ2) is 8.96. The largest absolute Gasteiger partial charge is 0.501 e. The molecule has 0 aliphatic heterocycles. The highest BCUT2D eigenvalue weighted by Crippen LogP contribution is 2.38. The Balaban J connectivity index is 6.21. The van der Waals surface area contributed by atoms with Crippen LogP contribution in [0.2, 0.25) is 0 Å². The molecule has 0 aliphatic carbocycles. The summed E-state index contributed by atoms with van der Waals surface area (Å²) in [5, 5.41) is 0. The standard InChI is InChI=1S/C17H19F4NO/c1-7-9-14(10-22-8-2)11(3)12(4)16(18)15(13(5)23-6)17(19,20)21/h7,9-10H,2-3H2,1,4-6H3/b9-7-,14-10+,15-13-,16-12+. The molecule has 0 aromatic carbocycles. The van der Waals surface area contributed by atoms with E-state index in [0.29, 0.717) is 5.57 Å². The Bertz CT molecular complexity index is 627. The molecule has 0 saturated carbocycles. The number of aliphatic imine (C=N–C) groups is 1. The van der Waals surface area contributed by atoms with E-state index in [2.05, 4.69) is 28.8 Å². The molecule has 0 radical (unpaired) electrons. The van der Waals surface area contributed by atoms with Crippen molar-refractivity contribution in [3.8, 4) is 0 Å². The van der Waals surface area contributed by atoms with Crippen LogP contribution in [0.15, 0.2) is 70.4 Å². The van der Waals surface area contributed by atoms with Gasteiger partial charge in [0.1, 0.15) is 17.2 Å². The van der Waals surface area contributed by atoms with E-state index in [1.807, 2.05) is 0 Å². The van der Waals surface area contributed by atoms with Crippen LogP contribution in [0.4, 0.5) is 17.6 Å². The number of nitrogens with zero attached hydrogens (tertiary/aromatic N) is 1. The van der Waals surface area contributed by atoms with Crippen molar-refractivity contribution in [1.29, 1.82) is 0 Å². The molecular weight excluding hydrogens is 310 g/mol. The number of hydrogen-bond donors (Lipinski definition) is 0. The van der Waals surface area contributed by atoms with E-state index in [4.69, 9.17) is 0 Å². The molecule has 0 heterocycles. The average Bonchev–Trinajstić information content (AvgIpc) is 2.48. The van der Waals surface area contributed by atoms with Gasteiger partial charge in [-0.25, -0.2) is 9.38 Å². The smallest absolute Gasteiger partial charge is 0.422 e. The van der Waals surface area contributed by atoms with Crippen LogP contribution in [0, 0.1) is 0 Å². The van der Waals surface area contributed by atoms with Crippen molar-refractivity contribution in [2.75, 3.05) is 7.11 Å². The molecule has 23 heavy (non-hydrogen) atoms. The number of methoxy groups -OCH3 is 1. The monoisotopic (exact) mass is 329 g/mol. The van der Waals surface area contributed by atoms with Crippen molar-refractivity contribution in [3.63, 3.8) is 0 Å². The molecule has 0 aliphatic rings. The van der Waals surface area contributed by atoms with Crippen molar-refractivity contribution < 1.29 is 22.3 Å². The van der Waals surface area contributed by atoms with Gasteiger partial charge in [-0.2, -0.15) is 13.2 Å². The summed E-state index contributed by atoms with van der Waals surface area (Å²) in [7, 11) is 1.04. The average molecular weight is 329 g/mol. The molecule has 0 unspecified atom stereocenters. The highest BCUT2D eigenvalue weighted by molar-refractivity contribution is 5.55. The van der Waals surface area contributed by atoms with Crippen molar-refractivity contribution in [2.24, 2.45) is 4.99 Å². The minimum atomic E-state index is -4.89. The van der Waals surface area contributed by atoms with Gasteiger partial charge >= 0.3 is 6.18 Å². The number of hydrogen-bond acceptors (Lipinski definition) is 2. The molecular formula is C17H19F4NO. The van der Waals surface area contributed by atoms with Crippen LogP contribution < -0.4 is 0 Å². The molecule has 0 aromatic rings. The van der Waals surface area contributed by atoms with E-state index in [9.17, 15) is 17.6 Å². The Morgan fingerprint density at radius 1 is 1.26 bits per heavy atom. The third kappa shape index (κ3) is 5.75. The Labute approximate surface area is 133 Å². The van der Waals surface area contributed by atoms with Crippen LogP contribution in [0.5, 0.6) is 0 Å². The van der Waals surface area contributed by atoms with Crippen molar-refractivity contribution in [3.05, 3.63) is 65.4 Å². The molecule has 0 N–H and O–H groups in total. The summed E-state index contributed by atoms with van der Waals surface area (Å²) in [4.78, 5) is 3.66. The van der Waals surface area contributed by atoms with Gasteiger partial charge in [-0.15, -0.1) is 0 Å². The van der Waals surface area contributed by atoms with Gasteiger partial charge in [0, 0.05) is 11.8 Å². The predicted octanol–water partition coefficient (Wildman–Crippen LogP) is 5.58. The number of ether oxygens (including phenoxy) is 1. The molecule has 2 nitrogen and oxygen atoms in total. The summed E-state index contributed by atoms with van der Waals surface area (Å²) in [5.41, 5.74) is -1.33. The lowest BCUT2D eigenvalue weighted by Gasteiger charge is -2.16. The highest BCUT2D eigenvalue weighted by Gasteiger charge is 2.40. The first-order chi connectivity index (χ1) is 10.6. The zero-order chi connectivity index (χ0) is 18.2. The van der Waals surface area contributed by atoms with E-state index in [1.54, 1.807) is 19.1 Å². The molecule has 6 heteroatoms. The lowest BCUT2D eigenvalue weighted by atomic mass is 9.97. The molecule has 0 fully saturated rings. The fourth-order valence-corrected chi connectivity index (χ4v) is 1.63. The summed E-state index contributed by atoms with van der Waals surface area (Å²) in [6, 6.07) is 0. The van der Waals surface area contributed by atoms with Crippen molar-refractivity contribution in [1.82, 2.24) is 0 Å². The topological polar surface area (TPSA) is 21.6 Å². The SMILES string of the molecule is C=C=N/C=C(\C=C/C)C(=C)/C(C)=C(F)\C(=C(/C)OC)C(F)(F)F. The summed E-state index contributed by atoms with van der Waals surface area (Å²) in [6.07, 6.45) is -0.441. The number of alkyl halides is 3. The zero-order valence-corrected chi connectivity index (χ0v) is 13.5.